The number of hydrogen-bond acceptors (Lipinski definition) is 3. The third kappa shape index (κ3) is 4.23. The van der Waals surface area contributed by atoms with E-state index in [1.54, 1.807) is 0 Å². The predicted octanol–water partition coefficient (Wildman–Crippen LogP) is 2.78. The Kier molecular flexibility index (Phi) is 4.92. The number of nitrogens with two attached hydrogens (primary N) is 1. The van der Waals surface area contributed by atoms with Crippen LogP contribution in [0, 0.1) is 11.3 Å². The van der Waals surface area contributed by atoms with Crippen LogP contribution in [0.3, 0.4) is 0 Å². The van der Waals surface area contributed by atoms with E-state index < -0.39 is 0 Å². The van der Waals surface area contributed by atoms with Crippen LogP contribution in [0.25, 0.3) is 0 Å². The molecule has 0 fully saturated rings. The SMILES string of the molecule is CCN(CC(C)C(=N)N)c1ccc(C(C)(C)C)cn1. The molecule has 0 aromatic carbocycles. The van der Waals surface area contributed by atoms with Crippen molar-refractivity contribution in [1.82, 2.24) is 4.98 Å². The Hall–Kier alpha value is -1.58. The molecule has 1 heterocycles. The highest BCUT2D eigenvalue weighted by atomic mass is 15.2. The largest absolute Gasteiger partial charge is 0.387 e. The van der Waals surface area contributed by atoms with Gasteiger partial charge in [-0.1, -0.05) is 33.8 Å². The van der Waals surface area contributed by atoms with Crippen molar-refractivity contribution in [2.24, 2.45) is 11.7 Å². The molecule has 0 aliphatic heterocycles. The minimum atomic E-state index is 0.0454. The van der Waals surface area contributed by atoms with Gasteiger partial charge in [0.25, 0.3) is 0 Å². The summed E-state index contributed by atoms with van der Waals surface area (Å²) >= 11 is 0. The summed E-state index contributed by atoms with van der Waals surface area (Å²) in [5, 5.41) is 7.48. The van der Waals surface area contributed by atoms with Gasteiger partial charge in [-0.25, -0.2) is 4.98 Å². The number of pyridine rings is 1. The molecule has 0 aliphatic rings. The van der Waals surface area contributed by atoms with E-state index in [4.69, 9.17) is 11.1 Å². The lowest BCUT2D eigenvalue weighted by Crippen LogP contribution is -2.35. The molecule has 106 valence electrons. The third-order valence-corrected chi connectivity index (χ3v) is 3.34. The fourth-order valence-corrected chi connectivity index (χ4v) is 1.83. The molecule has 19 heavy (non-hydrogen) atoms. The minimum Gasteiger partial charge on any atom is -0.387 e. The zero-order valence-corrected chi connectivity index (χ0v) is 12.7. The lowest BCUT2D eigenvalue weighted by molar-refractivity contribution is 0.586. The Labute approximate surface area is 116 Å². The van der Waals surface area contributed by atoms with Crippen LogP contribution < -0.4 is 10.6 Å². The Morgan fingerprint density at radius 3 is 2.42 bits per heavy atom. The van der Waals surface area contributed by atoms with Crippen LogP contribution in [-0.2, 0) is 5.41 Å². The lowest BCUT2D eigenvalue weighted by atomic mass is 9.88. The van der Waals surface area contributed by atoms with Crippen molar-refractivity contribution in [3.63, 3.8) is 0 Å². The van der Waals surface area contributed by atoms with Crippen molar-refractivity contribution in [1.29, 1.82) is 5.41 Å². The van der Waals surface area contributed by atoms with Gasteiger partial charge in [-0.15, -0.1) is 0 Å². The normalized spacial score (nSPS) is 13.1. The van der Waals surface area contributed by atoms with E-state index in [1.165, 1.54) is 5.56 Å². The smallest absolute Gasteiger partial charge is 0.128 e. The maximum atomic E-state index is 7.48. The maximum absolute atomic E-state index is 7.48. The summed E-state index contributed by atoms with van der Waals surface area (Å²) in [7, 11) is 0. The van der Waals surface area contributed by atoms with Gasteiger partial charge in [0.1, 0.15) is 5.82 Å². The van der Waals surface area contributed by atoms with Crippen LogP contribution in [0.15, 0.2) is 18.3 Å². The third-order valence-electron chi connectivity index (χ3n) is 3.34. The predicted molar refractivity (Wildman–Crippen MR) is 81.9 cm³/mol. The van der Waals surface area contributed by atoms with Gasteiger partial charge in [-0.3, -0.25) is 5.41 Å². The molecule has 1 rings (SSSR count). The summed E-state index contributed by atoms with van der Waals surface area (Å²) in [5.74, 6) is 1.22. The fourth-order valence-electron chi connectivity index (χ4n) is 1.83. The molecule has 3 N–H and O–H groups in total. The maximum Gasteiger partial charge on any atom is 0.128 e. The van der Waals surface area contributed by atoms with Crippen molar-refractivity contribution < 1.29 is 0 Å². The average Bonchev–Trinajstić information content (AvgIpc) is 2.34. The van der Waals surface area contributed by atoms with Crippen molar-refractivity contribution in [3.8, 4) is 0 Å². The van der Waals surface area contributed by atoms with Gasteiger partial charge in [-0.05, 0) is 24.0 Å². The first-order chi connectivity index (χ1) is 8.75. The van der Waals surface area contributed by atoms with Crippen LogP contribution in [0.4, 0.5) is 5.82 Å². The standard InChI is InChI=1S/C15H26N4/c1-6-19(10-11(2)14(16)17)13-8-7-12(9-18-13)15(3,4)5/h7-9,11H,6,10H2,1-5H3,(H3,16,17). The molecule has 4 heteroatoms. The van der Waals surface area contributed by atoms with E-state index >= 15 is 0 Å². The summed E-state index contributed by atoms with van der Waals surface area (Å²) in [5.41, 5.74) is 6.88. The lowest BCUT2D eigenvalue weighted by Gasteiger charge is -2.26. The molecular weight excluding hydrogens is 236 g/mol. The van der Waals surface area contributed by atoms with E-state index in [0.29, 0.717) is 0 Å². The quantitative estimate of drug-likeness (QED) is 0.633. The molecule has 0 saturated carbocycles. The summed E-state index contributed by atoms with van der Waals surface area (Å²) in [4.78, 5) is 6.69. The Morgan fingerprint density at radius 2 is 2.05 bits per heavy atom. The zero-order chi connectivity index (χ0) is 14.6. The number of amidine groups is 1. The van der Waals surface area contributed by atoms with Crippen LogP contribution in [-0.4, -0.2) is 23.9 Å². The Balaban J connectivity index is 2.85. The molecule has 0 bridgehead atoms. The molecule has 0 spiro atoms. The van der Waals surface area contributed by atoms with Gasteiger partial charge in [-0.2, -0.15) is 0 Å². The topological polar surface area (TPSA) is 66.0 Å². The van der Waals surface area contributed by atoms with Gasteiger partial charge in [0.05, 0.1) is 5.84 Å². The van der Waals surface area contributed by atoms with E-state index in [0.717, 1.165) is 18.9 Å². The number of aromatic nitrogens is 1. The highest BCUT2D eigenvalue weighted by Gasteiger charge is 2.16. The minimum absolute atomic E-state index is 0.0454. The monoisotopic (exact) mass is 262 g/mol. The van der Waals surface area contributed by atoms with Crippen LogP contribution in [0.2, 0.25) is 0 Å². The second-order valence-electron chi connectivity index (χ2n) is 6.05. The van der Waals surface area contributed by atoms with Gasteiger partial charge >= 0.3 is 0 Å². The van der Waals surface area contributed by atoms with Crippen molar-refractivity contribution >= 4 is 11.7 Å². The summed E-state index contributed by atoms with van der Waals surface area (Å²) in [6, 6.07) is 4.18. The number of nitrogens with zero attached hydrogens (tertiary/aromatic N) is 2. The average molecular weight is 262 g/mol. The first-order valence-corrected chi connectivity index (χ1v) is 6.81. The van der Waals surface area contributed by atoms with E-state index in [1.807, 2.05) is 13.1 Å². The molecule has 0 saturated heterocycles. The van der Waals surface area contributed by atoms with Gasteiger partial charge < -0.3 is 10.6 Å². The molecule has 1 atom stereocenters. The first-order valence-electron chi connectivity index (χ1n) is 6.81. The molecule has 4 nitrogen and oxygen atoms in total. The van der Waals surface area contributed by atoms with Crippen molar-refractivity contribution in [3.05, 3.63) is 23.9 Å². The number of rotatable bonds is 5. The Morgan fingerprint density at radius 1 is 1.42 bits per heavy atom. The van der Waals surface area contributed by atoms with Crippen LogP contribution in [0.1, 0.15) is 40.2 Å². The number of anilines is 1. The molecule has 1 aromatic heterocycles. The number of nitrogens with one attached hydrogen (secondary N) is 1. The highest BCUT2D eigenvalue weighted by Crippen LogP contribution is 2.23. The first kappa shape index (κ1) is 15.5. The summed E-state index contributed by atoms with van der Waals surface area (Å²) in [6.07, 6.45) is 1.94. The van der Waals surface area contributed by atoms with Crippen LogP contribution in [0.5, 0.6) is 0 Å². The van der Waals surface area contributed by atoms with Gasteiger partial charge in [0.15, 0.2) is 0 Å². The molecule has 0 radical (unpaired) electrons. The van der Waals surface area contributed by atoms with Crippen molar-refractivity contribution in [2.45, 2.75) is 40.0 Å². The molecular formula is C15H26N4. The second kappa shape index (κ2) is 6.04. The summed E-state index contributed by atoms with van der Waals surface area (Å²) < 4.78 is 0. The van der Waals surface area contributed by atoms with Gasteiger partial charge in [0.2, 0.25) is 0 Å². The van der Waals surface area contributed by atoms with E-state index in [2.05, 4.69) is 49.7 Å². The number of hydrogen-bond donors (Lipinski definition) is 2. The zero-order valence-electron chi connectivity index (χ0n) is 12.7. The summed E-state index contributed by atoms with van der Waals surface area (Å²) in [6.45, 7) is 12.2. The van der Waals surface area contributed by atoms with E-state index in [-0.39, 0.29) is 17.2 Å². The highest BCUT2D eigenvalue weighted by molar-refractivity contribution is 5.79. The van der Waals surface area contributed by atoms with Gasteiger partial charge in [0, 0.05) is 25.2 Å². The molecule has 1 aromatic rings. The molecule has 0 aliphatic carbocycles. The van der Waals surface area contributed by atoms with Crippen molar-refractivity contribution in [2.75, 3.05) is 18.0 Å². The van der Waals surface area contributed by atoms with E-state index in [9.17, 15) is 0 Å². The van der Waals surface area contributed by atoms with Crippen LogP contribution >= 0.6 is 0 Å². The second-order valence-corrected chi connectivity index (χ2v) is 6.05. The Bertz CT molecular complexity index is 417. The molecule has 1 unspecified atom stereocenters. The molecule has 0 amide bonds. The fraction of sp³-hybridized carbons (Fsp3) is 0.600.